The molecule has 0 aliphatic carbocycles. The third-order valence-electron chi connectivity index (χ3n) is 1.43. The zero-order valence-electron chi connectivity index (χ0n) is 10.7. The van der Waals surface area contributed by atoms with Crippen LogP contribution in [-0.4, -0.2) is 36.2 Å². The average molecular weight is 246 g/mol. The van der Waals surface area contributed by atoms with Crippen molar-refractivity contribution in [2.45, 2.75) is 46.3 Å². The maximum Gasteiger partial charge on any atom is 0.347 e. The molecule has 0 spiro atoms. The highest BCUT2D eigenvalue weighted by molar-refractivity contribution is 5.81. The topological polar surface area (TPSA) is 78.9 Å². The first-order valence-corrected chi connectivity index (χ1v) is 5.17. The molecule has 0 rings (SSSR count). The fourth-order valence-electron chi connectivity index (χ4n) is 0.915. The molecule has 6 heteroatoms. The van der Waals surface area contributed by atoms with Gasteiger partial charge in [0.15, 0.2) is 12.7 Å². The van der Waals surface area contributed by atoms with Crippen molar-refractivity contribution in [3.05, 3.63) is 0 Å². The van der Waals surface area contributed by atoms with E-state index in [9.17, 15) is 14.4 Å². The predicted octanol–water partition coefficient (Wildman–Crippen LogP) is 0.823. The van der Waals surface area contributed by atoms with Crippen LogP contribution in [-0.2, 0) is 28.6 Å². The summed E-state index contributed by atoms with van der Waals surface area (Å²) in [4.78, 5) is 33.0. The molecule has 0 fully saturated rings. The van der Waals surface area contributed by atoms with Crippen LogP contribution in [0.25, 0.3) is 0 Å². The maximum absolute atomic E-state index is 11.2. The van der Waals surface area contributed by atoms with E-state index in [2.05, 4.69) is 9.47 Å². The maximum atomic E-state index is 11.2. The smallest absolute Gasteiger partial charge is 0.347 e. The molecule has 0 saturated carbocycles. The highest BCUT2D eigenvalue weighted by atomic mass is 16.6. The largest absolute Gasteiger partial charge is 0.457 e. The third kappa shape index (κ3) is 8.24. The fraction of sp³-hybridized carbons (Fsp3) is 0.727. The molecule has 0 heterocycles. The Labute approximate surface area is 100 Å². The van der Waals surface area contributed by atoms with Crippen LogP contribution in [0.1, 0.15) is 34.6 Å². The van der Waals surface area contributed by atoms with Crippen molar-refractivity contribution in [2.75, 3.05) is 6.61 Å². The lowest BCUT2D eigenvalue weighted by Gasteiger charge is -2.19. The van der Waals surface area contributed by atoms with Gasteiger partial charge in [-0.2, -0.15) is 0 Å². The molecule has 1 unspecified atom stereocenters. The molecule has 0 aromatic carbocycles. The summed E-state index contributed by atoms with van der Waals surface area (Å²) in [6.45, 7) is 7.15. The molecule has 98 valence electrons. The lowest BCUT2D eigenvalue weighted by molar-refractivity contribution is -0.173. The molecule has 0 N–H and O–H groups in total. The van der Waals surface area contributed by atoms with Crippen LogP contribution >= 0.6 is 0 Å². The van der Waals surface area contributed by atoms with Gasteiger partial charge in [0, 0.05) is 6.92 Å². The Hall–Kier alpha value is -1.59. The summed E-state index contributed by atoms with van der Waals surface area (Å²) in [5, 5.41) is 0. The highest BCUT2D eigenvalue weighted by Crippen LogP contribution is 2.07. The Morgan fingerprint density at radius 1 is 1.18 bits per heavy atom. The van der Waals surface area contributed by atoms with Gasteiger partial charge in [-0.3, -0.25) is 4.79 Å². The minimum atomic E-state index is -1.03. The van der Waals surface area contributed by atoms with Crippen molar-refractivity contribution in [3.8, 4) is 0 Å². The standard InChI is InChI=1S/C11H18O6/c1-7(16-8(2)12)10(14)15-6-9(13)17-11(3,4)5/h7H,6H2,1-5H3. The van der Waals surface area contributed by atoms with Crippen LogP contribution in [0.3, 0.4) is 0 Å². The van der Waals surface area contributed by atoms with Gasteiger partial charge in [0.05, 0.1) is 0 Å². The lowest BCUT2D eigenvalue weighted by atomic mass is 10.2. The second-order valence-electron chi connectivity index (χ2n) is 4.45. The molecule has 0 radical (unpaired) electrons. The van der Waals surface area contributed by atoms with Crippen molar-refractivity contribution in [3.63, 3.8) is 0 Å². The second kappa shape index (κ2) is 6.22. The summed E-state index contributed by atoms with van der Waals surface area (Å²) in [6.07, 6.45) is -1.03. The van der Waals surface area contributed by atoms with E-state index in [1.807, 2.05) is 0 Å². The predicted molar refractivity (Wildman–Crippen MR) is 58.0 cm³/mol. The van der Waals surface area contributed by atoms with E-state index in [0.717, 1.165) is 0 Å². The SMILES string of the molecule is CC(=O)OC(C)C(=O)OCC(=O)OC(C)(C)C. The van der Waals surface area contributed by atoms with Gasteiger partial charge in [0.25, 0.3) is 0 Å². The zero-order valence-corrected chi connectivity index (χ0v) is 10.7. The number of carbonyl (C=O) groups is 3. The molecule has 1 atom stereocenters. The van der Waals surface area contributed by atoms with Crippen LogP contribution in [0.2, 0.25) is 0 Å². The van der Waals surface area contributed by atoms with E-state index in [1.165, 1.54) is 13.8 Å². The minimum absolute atomic E-state index is 0.498. The number of hydrogen-bond acceptors (Lipinski definition) is 6. The van der Waals surface area contributed by atoms with Gasteiger partial charge >= 0.3 is 17.9 Å². The summed E-state index contributed by atoms with van der Waals surface area (Å²) in [5.74, 6) is -2.03. The average Bonchev–Trinajstić information content (AvgIpc) is 2.10. The Morgan fingerprint density at radius 3 is 2.12 bits per heavy atom. The van der Waals surface area contributed by atoms with Crippen LogP contribution in [0.4, 0.5) is 0 Å². The number of rotatable bonds is 4. The van der Waals surface area contributed by atoms with Crippen molar-refractivity contribution in [2.24, 2.45) is 0 Å². The highest BCUT2D eigenvalue weighted by Gasteiger charge is 2.21. The van der Waals surface area contributed by atoms with Gasteiger partial charge in [-0.25, -0.2) is 9.59 Å². The van der Waals surface area contributed by atoms with E-state index in [-0.39, 0.29) is 0 Å². The Morgan fingerprint density at radius 2 is 1.71 bits per heavy atom. The fourth-order valence-corrected chi connectivity index (χ4v) is 0.915. The molecule has 6 nitrogen and oxygen atoms in total. The summed E-state index contributed by atoms with van der Waals surface area (Å²) in [6, 6.07) is 0. The molecule has 0 aliphatic heterocycles. The van der Waals surface area contributed by atoms with Gasteiger partial charge in [-0.1, -0.05) is 0 Å². The summed E-state index contributed by atoms with van der Waals surface area (Å²) < 4.78 is 14.1. The van der Waals surface area contributed by atoms with Gasteiger partial charge in [0.1, 0.15) is 5.60 Å². The molecular weight excluding hydrogens is 228 g/mol. The quantitative estimate of drug-likeness (QED) is 0.540. The molecule has 17 heavy (non-hydrogen) atoms. The first kappa shape index (κ1) is 15.4. The van der Waals surface area contributed by atoms with E-state index in [1.54, 1.807) is 20.8 Å². The molecular formula is C11H18O6. The Kier molecular flexibility index (Phi) is 5.64. The first-order valence-electron chi connectivity index (χ1n) is 5.17. The Bertz CT molecular complexity index is 302. The zero-order chi connectivity index (χ0) is 13.6. The normalized spacial score (nSPS) is 12.5. The number of ether oxygens (including phenoxy) is 3. The van der Waals surface area contributed by atoms with Crippen LogP contribution in [0, 0.1) is 0 Å². The Balaban J connectivity index is 4.00. The van der Waals surface area contributed by atoms with Gasteiger partial charge in [-0.05, 0) is 27.7 Å². The third-order valence-corrected chi connectivity index (χ3v) is 1.43. The molecule has 0 amide bonds. The summed E-state index contributed by atoms with van der Waals surface area (Å²) in [7, 11) is 0. The van der Waals surface area contributed by atoms with Crippen molar-refractivity contribution in [1.82, 2.24) is 0 Å². The van der Waals surface area contributed by atoms with Gasteiger partial charge in [0.2, 0.25) is 0 Å². The van der Waals surface area contributed by atoms with E-state index >= 15 is 0 Å². The van der Waals surface area contributed by atoms with E-state index in [4.69, 9.17) is 4.74 Å². The number of carbonyl (C=O) groups excluding carboxylic acids is 3. The first-order chi connectivity index (χ1) is 7.61. The number of esters is 3. The van der Waals surface area contributed by atoms with E-state index < -0.39 is 36.2 Å². The second-order valence-corrected chi connectivity index (χ2v) is 4.45. The lowest BCUT2D eigenvalue weighted by Crippen LogP contribution is -2.30. The summed E-state index contributed by atoms with van der Waals surface area (Å²) >= 11 is 0. The molecule has 0 bridgehead atoms. The molecule has 0 saturated heterocycles. The van der Waals surface area contributed by atoms with Crippen LogP contribution < -0.4 is 0 Å². The van der Waals surface area contributed by atoms with Crippen molar-refractivity contribution < 1.29 is 28.6 Å². The van der Waals surface area contributed by atoms with Crippen molar-refractivity contribution in [1.29, 1.82) is 0 Å². The van der Waals surface area contributed by atoms with Gasteiger partial charge < -0.3 is 14.2 Å². The van der Waals surface area contributed by atoms with Crippen LogP contribution in [0.15, 0.2) is 0 Å². The molecule has 0 aliphatic rings. The minimum Gasteiger partial charge on any atom is -0.457 e. The monoisotopic (exact) mass is 246 g/mol. The van der Waals surface area contributed by atoms with Crippen molar-refractivity contribution >= 4 is 17.9 Å². The molecule has 0 aromatic rings. The molecule has 0 aromatic heterocycles. The number of hydrogen-bond donors (Lipinski definition) is 0. The summed E-state index contributed by atoms with van der Waals surface area (Å²) in [5.41, 5.74) is -0.634. The van der Waals surface area contributed by atoms with Crippen LogP contribution in [0.5, 0.6) is 0 Å². The van der Waals surface area contributed by atoms with Gasteiger partial charge in [-0.15, -0.1) is 0 Å². The van der Waals surface area contributed by atoms with E-state index in [0.29, 0.717) is 0 Å².